The molecule has 0 saturated carbocycles. The van der Waals surface area contributed by atoms with Crippen LogP contribution < -0.4 is 10.6 Å². The van der Waals surface area contributed by atoms with E-state index in [1.165, 1.54) is 0 Å². The fraction of sp³-hybridized carbons (Fsp3) is 0.250. The summed E-state index contributed by atoms with van der Waals surface area (Å²) >= 11 is 0. The van der Waals surface area contributed by atoms with Crippen LogP contribution in [0.1, 0.15) is 27.2 Å². The second kappa shape index (κ2) is 6.19. The van der Waals surface area contributed by atoms with Gasteiger partial charge in [-0.3, -0.25) is 9.78 Å². The van der Waals surface area contributed by atoms with E-state index in [0.29, 0.717) is 12.1 Å². The van der Waals surface area contributed by atoms with Crippen molar-refractivity contribution < 1.29 is 4.79 Å². The van der Waals surface area contributed by atoms with E-state index in [9.17, 15) is 4.79 Å². The van der Waals surface area contributed by atoms with Gasteiger partial charge in [-0.1, -0.05) is 6.07 Å². The van der Waals surface area contributed by atoms with Crippen LogP contribution in [0.15, 0.2) is 36.5 Å². The fourth-order valence-corrected chi connectivity index (χ4v) is 1.95. The second-order valence-electron chi connectivity index (χ2n) is 4.77. The summed E-state index contributed by atoms with van der Waals surface area (Å²) < 4.78 is 0. The number of aryl methyl sites for hydroxylation is 2. The van der Waals surface area contributed by atoms with Crippen LogP contribution in [0, 0.1) is 13.8 Å². The summed E-state index contributed by atoms with van der Waals surface area (Å²) in [6.45, 7) is 4.36. The Morgan fingerprint density at radius 2 is 2.00 bits per heavy atom. The lowest BCUT2D eigenvalue weighted by atomic mass is 10.1. The summed E-state index contributed by atoms with van der Waals surface area (Å²) in [4.78, 5) is 16.4. The predicted octanol–water partition coefficient (Wildman–Crippen LogP) is 2.67. The Morgan fingerprint density at radius 1 is 1.20 bits per heavy atom. The number of rotatable bonds is 4. The molecular weight excluding hydrogens is 250 g/mol. The number of hydrogen-bond acceptors (Lipinski definition) is 3. The number of nitrogens with one attached hydrogen (secondary N) is 2. The number of carbonyl (C=O) groups excluding carboxylic acids is 1. The summed E-state index contributed by atoms with van der Waals surface area (Å²) in [7, 11) is 1.86. The lowest BCUT2D eigenvalue weighted by Crippen LogP contribution is -2.23. The molecule has 2 N–H and O–H groups in total. The lowest BCUT2D eigenvalue weighted by Gasteiger charge is -2.09. The number of carbonyl (C=O) groups is 1. The molecule has 1 aromatic carbocycles. The Morgan fingerprint density at radius 3 is 2.60 bits per heavy atom. The maximum absolute atomic E-state index is 12.2. The molecule has 0 aliphatic carbocycles. The van der Waals surface area contributed by atoms with Gasteiger partial charge >= 0.3 is 0 Å². The monoisotopic (exact) mass is 269 g/mol. The fourth-order valence-electron chi connectivity index (χ4n) is 1.95. The van der Waals surface area contributed by atoms with Crippen molar-refractivity contribution >= 4 is 11.6 Å². The first kappa shape index (κ1) is 14.1. The van der Waals surface area contributed by atoms with Crippen molar-refractivity contribution in [3.05, 3.63) is 58.9 Å². The van der Waals surface area contributed by atoms with Crippen LogP contribution in [0.3, 0.4) is 0 Å². The SMILES string of the molecule is CNc1ccc(C(=O)NCc2ccc(C)nc2)c(C)c1. The van der Waals surface area contributed by atoms with E-state index in [-0.39, 0.29) is 5.91 Å². The Hall–Kier alpha value is -2.36. The molecule has 1 heterocycles. The van der Waals surface area contributed by atoms with Gasteiger partial charge in [0.2, 0.25) is 0 Å². The molecule has 0 spiro atoms. The summed E-state index contributed by atoms with van der Waals surface area (Å²) in [5, 5.41) is 5.97. The molecule has 0 unspecified atom stereocenters. The molecule has 0 radical (unpaired) electrons. The summed E-state index contributed by atoms with van der Waals surface area (Å²) in [5.74, 6) is -0.0641. The van der Waals surface area contributed by atoms with Crippen LogP contribution in [0.2, 0.25) is 0 Å². The number of nitrogens with zero attached hydrogens (tertiary/aromatic N) is 1. The van der Waals surface area contributed by atoms with E-state index in [2.05, 4.69) is 15.6 Å². The van der Waals surface area contributed by atoms with Crippen LogP contribution in [-0.4, -0.2) is 17.9 Å². The van der Waals surface area contributed by atoms with E-state index >= 15 is 0 Å². The molecule has 0 saturated heterocycles. The first-order chi connectivity index (χ1) is 9.60. The Kier molecular flexibility index (Phi) is 4.35. The largest absolute Gasteiger partial charge is 0.388 e. The van der Waals surface area contributed by atoms with E-state index in [0.717, 1.165) is 22.5 Å². The Bertz CT molecular complexity index is 606. The number of anilines is 1. The minimum absolute atomic E-state index is 0.0641. The number of benzene rings is 1. The van der Waals surface area contributed by atoms with Gasteiger partial charge in [-0.25, -0.2) is 0 Å². The molecule has 1 amide bonds. The van der Waals surface area contributed by atoms with Gasteiger partial charge in [-0.2, -0.15) is 0 Å². The highest BCUT2D eigenvalue weighted by Crippen LogP contribution is 2.14. The maximum atomic E-state index is 12.2. The van der Waals surface area contributed by atoms with Crippen molar-refractivity contribution in [3.8, 4) is 0 Å². The van der Waals surface area contributed by atoms with Gasteiger partial charge in [-0.15, -0.1) is 0 Å². The van der Waals surface area contributed by atoms with Crippen LogP contribution in [0.5, 0.6) is 0 Å². The predicted molar refractivity (Wildman–Crippen MR) is 80.9 cm³/mol. The zero-order valence-corrected chi connectivity index (χ0v) is 12.0. The molecule has 104 valence electrons. The molecule has 1 aromatic heterocycles. The molecule has 4 heteroatoms. The van der Waals surface area contributed by atoms with Gasteiger partial charge in [-0.05, 0) is 49.2 Å². The Labute approximate surface area is 119 Å². The molecule has 2 rings (SSSR count). The zero-order valence-electron chi connectivity index (χ0n) is 12.0. The van der Waals surface area contributed by atoms with Crippen LogP contribution in [0.25, 0.3) is 0 Å². The highest BCUT2D eigenvalue weighted by molar-refractivity contribution is 5.96. The summed E-state index contributed by atoms with van der Waals surface area (Å²) in [5.41, 5.74) is 4.62. The minimum Gasteiger partial charge on any atom is -0.388 e. The van der Waals surface area contributed by atoms with E-state index in [1.54, 1.807) is 6.20 Å². The number of hydrogen-bond donors (Lipinski definition) is 2. The highest BCUT2D eigenvalue weighted by Gasteiger charge is 2.09. The highest BCUT2D eigenvalue weighted by atomic mass is 16.1. The Balaban J connectivity index is 2.03. The van der Waals surface area contributed by atoms with E-state index in [4.69, 9.17) is 0 Å². The molecule has 0 aliphatic heterocycles. The number of aromatic nitrogens is 1. The van der Waals surface area contributed by atoms with Gasteiger partial charge in [0, 0.05) is 36.7 Å². The first-order valence-electron chi connectivity index (χ1n) is 6.58. The summed E-state index contributed by atoms with van der Waals surface area (Å²) in [6.07, 6.45) is 1.78. The molecule has 0 atom stereocenters. The van der Waals surface area contributed by atoms with Gasteiger partial charge < -0.3 is 10.6 Å². The number of pyridine rings is 1. The summed E-state index contributed by atoms with van der Waals surface area (Å²) in [6, 6.07) is 9.61. The molecule has 2 aromatic rings. The van der Waals surface area contributed by atoms with Crippen LogP contribution in [-0.2, 0) is 6.54 Å². The van der Waals surface area contributed by atoms with Crippen molar-refractivity contribution in [2.24, 2.45) is 0 Å². The molecular formula is C16H19N3O. The molecule has 0 bridgehead atoms. The number of amides is 1. The second-order valence-corrected chi connectivity index (χ2v) is 4.77. The maximum Gasteiger partial charge on any atom is 0.251 e. The topological polar surface area (TPSA) is 54.0 Å². The third-order valence-electron chi connectivity index (χ3n) is 3.19. The van der Waals surface area contributed by atoms with E-state index < -0.39 is 0 Å². The van der Waals surface area contributed by atoms with Crippen molar-refractivity contribution in [2.45, 2.75) is 20.4 Å². The van der Waals surface area contributed by atoms with Gasteiger partial charge in [0.15, 0.2) is 0 Å². The van der Waals surface area contributed by atoms with Crippen molar-refractivity contribution in [1.29, 1.82) is 0 Å². The van der Waals surface area contributed by atoms with Crippen molar-refractivity contribution in [1.82, 2.24) is 10.3 Å². The van der Waals surface area contributed by atoms with Crippen LogP contribution >= 0.6 is 0 Å². The average molecular weight is 269 g/mol. The van der Waals surface area contributed by atoms with E-state index in [1.807, 2.05) is 51.2 Å². The normalized spacial score (nSPS) is 10.2. The van der Waals surface area contributed by atoms with Gasteiger partial charge in [0.05, 0.1) is 0 Å². The standard InChI is InChI=1S/C16H19N3O/c1-11-8-14(17-3)6-7-15(11)16(20)19-10-13-5-4-12(2)18-9-13/h4-9,17H,10H2,1-3H3,(H,19,20). The molecule has 0 aliphatic rings. The molecule has 4 nitrogen and oxygen atoms in total. The first-order valence-corrected chi connectivity index (χ1v) is 6.58. The molecule has 20 heavy (non-hydrogen) atoms. The minimum atomic E-state index is -0.0641. The molecule has 0 fully saturated rings. The van der Waals surface area contributed by atoms with Crippen LogP contribution in [0.4, 0.5) is 5.69 Å². The van der Waals surface area contributed by atoms with Gasteiger partial charge in [0.25, 0.3) is 5.91 Å². The van der Waals surface area contributed by atoms with Gasteiger partial charge in [0.1, 0.15) is 0 Å². The lowest BCUT2D eigenvalue weighted by molar-refractivity contribution is 0.0950. The quantitative estimate of drug-likeness (QED) is 0.897. The van der Waals surface area contributed by atoms with Crippen molar-refractivity contribution in [3.63, 3.8) is 0 Å². The smallest absolute Gasteiger partial charge is 0.251 e. The van der Waals surface area contributed by atoms with Crippen molar-refractivity contribution in [2.75, 3.05) is 12.4 Å². The average Bonchev–Trinajstić information content (AvgIpc) is 2.46. The third kappa shape index (κ3) is 3.35. The third-order valence-corrected chi connectivity index (χ3v) is 3.19. The zero-order chi connectivity index (χ0) is 14.5.